The maximum absolute atomic E-state index is 13.0. The largest absolute Gasteiger partial charge is 0.345 e. The molecule has 3 aliphatic rings. The summed E-state index contributed by atoms with van der Waals surface area (Å²) in [5, 5.41) is 0. The van der Waals surface area contributed by atoms with E-state index in [1.165, 1.54) is 0 Å². The summed E-state index contributed by atoms with van der Waals surface area (Å²) in [6, 6.07) is 7.32. The molecule has 1 aromatic carbocycles. The van der Waals surface area contributed by atoms with Crippen molar-refractivity contribution in [3.63, 3.8) is 0 Å². The van der Waals surface area contributed by atoms with Crippen molar-refractivity contribution in [2.24, 2.45) is 5.41 Å². The Hall–Kier alpha value is -2.37. The van der Waals surface area contributed by atoms with Crippen LogP contribution in [0.15, 0.2) is 24.3 Å². The van der Waals surface area contributed by atoms with Gasteiger partial charge in [-0.2, -0.15) is 0 Å². The van der Waals surface area contributed by atoms with Crippen LogP contribution in [-0.2, 0) is 9.59 Å². The molecule has 26 heavy (non-hydrogen) atoms. The van der Waals surface area contributed by atoms with E-state index >= 15 is 0 Å². The van der Waals surface area contributed by atoms with E-state index in [-0.39, 0.29) is 17.7 Å². The van der Waals surface area contributed by atoms with Crippen molar-refractivity contribution < 1.29 is 14.4 Å². The summed E-state index contributed by atoms with van der Waals surface area (Å²) in [6.07, 6.45) is 4.04. The van der Waals surface area contributed by atoms with E-state index in [0.717, 1.165) is 37.9 Å². The van der Waals surface area contributed by atoms with Gasteiger partial charge >= 0.3 is 0 Å². The molecule has 0 radical (unpaired) electrons. The van der Waals surface area contributed by atoms with Crippen LogP contribution in [0.3, 0.4) is 0 Å². The number of piperidine rings is 1. The smallest absolute Gasteiger partial charge is 0.253 e. The topological polar surface area (TPSA) is 60.9 Å². The van der Waals surface area contributed by atoms with Crippen LogP contribution in [0.25, 0.3) is 0 Å². The number of hydrogen-bond donors (Lipinski definition) is 0. The van der Waals surface area contributed by atoms with Crippen molar-refractivity contribution in [1.82, 2.24) is 9.80 Å². The van der Waals surface area contributed by atoms with E-state index in [0.29, 0.717) is 31.6 Å². The molecule has 0 unspecified atom stereocenters. The van der Waals surface area contributed by atoms with Crippen molar-refractivity contribution in [3.8, 4) is 0 Å². The van der Waals surface area contributed by atoms with Gasteiger partial charge < -0.3 is 14.7 Å². The third kappa shape index (κ3) is 2.77. The summed E-state index contributed by atoms with van der Waals surface area (Å²) in [6.45, 7) is 2.64. The van der Waals surface area contributed by atoms with Gasteiger partial charge in [0, 0.05) is 50.9 Å². The summed E-state index contributed by atoms with van der Waals surface area (Å²) >= 11 is 0. The van der Waals surface area contributed by atoms with E-state index in [2.05, 4.69) is 0 Å². The van der Waals surface area contributed by atoms with Gasteiger partial charge in [-0.15, -0.1) is 0 Å². The van der Waals surface area contributed by atoms with Gasteiger partial charge in [-0.25, -0.2) is 0 Å². The maximum atomic E-state index is 13.0. The molecule has 3 heterocycles. The molecule has 3 aliphatic heterocycles. The zero-order chi connectivity index (χ0) is 18.3. The summed E-state index contributed by atoms with van der Waals surface area (Å²) in [7, 11) is 1.85. The number of benzene rings is 1. The minimum atomic E-state index is -0.398. The van der Waals surface area contributed by atoms with Crippen LogP contribution >= 0.6 is 0 Å². The van der Waals surface area contributed by atoms with Gasteiger partial charge in [0.15, 0.2) is 0 Å². The van der Waals surface area contributed by atoms with E-state index < -0.39 is 5.41 Å². The van der Waals surface area contributed by atoms with E-state index in [4.69, 9.17) is 0 Å². The lowest BCUT2D eigenvalue weighted by Gasteiger charge is -2.37. The number of likely N-dealkylation sites (tertiary alicyclic amines) is 2. The third-order valence-corrected chi connectivity index (χ3v) is 6.07. The fraction of sp³-hybridized carbons (Fsp3) is 0.550. The predicted molar refractivity (Wildman–Crippen MR) is 97.9 cm³/mol. The van der Waals surface area contributed by atoms with Gasteiger partial charge in [0.1, 0.15) is 0 Å². The first kappa shape index (κ1) is 17.1. The monoisotopic (exact) mass is 355 g/mol. The first-order valence-electron chi connectivity index (χ1n) is 9.45. The van der Waals surface area contributed by atoms with Crippen LogP contribution < -0.4 is 4.90 Å². The van der Waals surface area contributed by atoms with Crippen LogP contribution in [0, 0.1) is 5.41 Å². The highest BCUT2D eigenvalue weighted by molar-refractivity contribution is 5.99. The van der Waals surface area contributed by atoms with Crippen LogP contribution in [0.1, 0.15) is 42.5 Å². The zero-order valence-corrected chi connectivity index (χ0v) is 15.2. The number of amides is 3. The summed E-state index contributed by atoms with van der Waals surface area (Å²) in [4.78, 5) is 43.0. The van der Waals surface area contributed by atoms with Crippen LogP contribution in [0.4, 0.5) is 5.69 Å². The van der Waals surface area contributed by atoms with Gasteiger partial charge in [0.25, 0.3) is 5.91 Å². The molecule has 0 saturated carbocycles. The molecule has 0 bridgehead atoms. The Morgan fingerprint density at radius 1 is 1.08 bits per heavy atom. The Kier molecular flexibility index (Phi) is 4.21. The highest BCUT2D eigenvalue weighted by Crippen LogP contribution is 2.40. The quantitative estimate of drug-likeness (QED) is 0.814. The number of hydrogen-bond acceptors (Lipinski definition) is 3. The van der Waals surface area contributed by atoms with Crippen molar-refractivity contribution in [2.75, 3.05) is 38.1 Å². The molecule has 1 spiro atoms. The molecule has 4 rings (SSSR count). The fourth-order valence-corrected chi connectivity index (χ4v) is 4.60. The number of rotatable bonds is 2. The Morgan fingerprint density at radius 2 is 1.92 bits per heavy atom. The molecule has 3 saturated heterocycles. The number of nitrogens with zero attached hydrogens (tertiary/aromatic N) is 3. The van der Waals surface area contributed by atoms with E-state index in [1.54, 1.807) is 15.9 Å². The van der Waals surface area contributed by atoms with Crippen molar-refractivity contribution in [1.29, 1.82) is 0 Å². The van der Waals surface area contributed by atoms with Crippen molar-refractivity contribution in [3.05, 3.63) is 29.8 Å². The lowest BCUT2D eigenvalue weighted by molar-refractivity contribution is -0.143. The fourth-order valence-electron chi connectivity index (χ4n) is 4.60. The van der Waals surface area contributed by atoms with E-state index in [1.807, 2.05) is 30.1 Å². The normalized spacial score (nSPS) is 26.3. The third-order valence-electron chi connectivity index (χ3n) is 6.07. The molecule has 3 amide bonds. The predicted octanol–water partition coefficient (Wildman–Crippen LogP) is 1.90. The second-order valence-corrected chi connectivity index (χ2v) is 7.79. The van der Waals surface area contributed by atoms with Crippen LogP contribution in [0.5, 0.6) is 0 Å². The Morgan fingerprint density at radius 3 is 2.69 bits per heavy atom. The first-order chi connectivity index (χ1) is 12.5. The molecule has 0 aliphatic carbocycles. The molecule has 6 nitrogen and oxygen atoms in total. The molecule has 6 heteroatoms. The minimum absolute atomic E-state index is 0.0450. The molecule has 3 fully saturated rings. The molecule has 138 valence electrons. The second kappa shape index (κ2) is 6.41. The standard InChI is InChI=1S/C20H25N3O3/c1-21-10-4-8-20(19(21)26)9-12-22(14-20)18(25)15-5-2-6-16(13-15)23-11-3-7-17(23)24/h2,5-6,13H,3-4,7-12,14H2,1H3/t20-/m0/s1. The lowest BCUT2D eigenvalue weighted by atomic mass is 9.78. The molecule has 1 aromatic rings. The van der Waals surface area contributed by atoms with Gasteiger partial charge in [0.05, 0.1) is 5.41 Å². The second-order valence-electron chi connectivity index (χ2n) is 7.79. The Balaban J connectivity index is 1.52. The average Bonchev–Trinajstić information content (AvgIpc) is 3.26. The van der Waals surface area contributed by atoms with Gasteiger partial charge in [-0.05, 0) is 43.9 Å². The van der Waals surface area contributed by atoms with Gasteiger partial charge in [0.2, 0.25) is 11.8 Å². The van der Waals surface area contributed by atoms with Crippen LogP contribution in [0.2, 0.25) is 0 Å². The Labute approximate surface area is 153 Å². The highest BCUT2D eigenvalue weighted by atomic mass is 16.2. The van der Waals surface area contributed by atoms with Gasteiger partial charge in [-0.3, -0.25) is 14.4 Å². The zero-order valence-electron chi connectivity index (χ0n) is 15.2. The maximum Gasteiger partial charge on any atom is 0.253 e. The van der Waals surface area contributed by atoms with Gasteiger partial charge in [-0.1, -0.05) is 6.07 Å². The minimum Gasteiger partial charge on any atom is -0.345 e. The molecular formula is C20H25N3O3. The summed E-state index contributed by atoms with van der Waals surface area (Å²) in [5.41, 5.74) is 0.988. The Bertz CT molecular complexity index is 762. The van der Waals surface area contributed by atoms with Crippen molar-refractivity contribution in [2.45, 2.75) is 32.1 Å². The van der Waals surface area contributed by atoms with Crippen LogP contribution in [-0.4, -0.2) is 60.7 Å². The lowest BCUT2D eigenvalue weighted by Crippen LogP contribution is -2.48. The van der Waals surface area contributed by atoms with E-state index in [9.17, 15) is 14.4 Å². The summed E-state index contributed by atoms with van der Waals surface area (Å²) < 4.78 is 0. The SMILES string of the molecule is CN1CCC[C@@]2(CCN(C(=O)c3cccc(N4CCCC4=O)c3)C2)C1=O. The molecule has 0 N–H and O–H groups in total. The molecule has 1 atom stereocenters. The average molecular weight is 355 g/mol. The molecule has 0 aromatic heterocycles. The summed E-state index contributed by atoms with van der Waals surface area (Å²) in [5.74, 6) is 0.248. The number of carbonyl (C=O) groups is 3. The first-order valence-corrected chi connectivity index (χ1v) is 9.45. The molecular weight excluding hydrogens is 330 g/mol. The number of carbonyl (C=O) groups excluding carboxylic acids is 3. The van der Waals surface area contributed by atoms with Crippen molar-refractivity contribution >= 4 is 23.4 Å². The number of anilines is 1. The highest BCUT2D eigenvalue weighted by Gasteiger charge is 2.48.